The highest BCUT2D eigenvalue weighted by Crippen LogP contribution is 2.42. The molecular weight excluding hydrogens is 300 g/mol. The van der Waals surface area contributed by atoms with Gasteiger partial charge in [-0.3, -0.25) is 0 Å². The van der Waals surface area contributed by atoms with Crippen molar-refractivity contribution in [3.8, 4) is 11.5 Å². The van der Waals surface area contributed by atoms with Crippen LogP contribution in [0.2, 0.25) is 0 Å². The average Bonchev–Trinajstić information content (AvgIpc) is 2.55. The lowest BCUT2D eigenvalue weighted by molar-refractivity contribution is 0.472. The molecule has 0 saturated carbocycles. The predicted molar refractivity (Wildman–Crippen MR) is 102 cm³/mol. The maximum absolute atomic E-state index is 10.3. The number of phenolic OH excluding ortho intramolecular Hbond substituents is 2. The summed E-state index contributed by atoms with van der Waals surface area (Å²) < 4.78 is 0. The molecule has 0 amide bonds. The molecule has 0 heterocycles. The maximum Gasteiger partial charge on any atom is 0.141 e. The van der Waals surface area contributed by atoms with E-state index in [0.29, 0.717) is 11.5 Å². The predicted octanol–water partition coefficient (Wildman–Crippen LogP) is 4.57. The first-order valence-corrected chi connectivity index (χ1v) is 8.26. The summed E-state index contributed by atoms with van der Waals surface area (Å²) in [5, 5.41) is 26.7. The third kappa shape index (κ3) is 2.77. The monoisotopic (exact) mass is 328 g/mol. The lowest BCUT2D eigenvalue weighted by atomic mass is 9.84. The van der Waals surface area contributed by atoms with Gasteiger partial charge < -0.3 is 20.8 Å². The van der Waals surface area contributed by atoms with Gasteiger partial charge in [-0.1, -0.05) is 19.1 Å². The Labute approximate surface area is 144 Å². The first-order valence-electron chi connectivity index (χ1n) is 8.26. The first-order chi connectivity index (χ1) is 11.2. The Bertz CT molecular complexity index is 717. The second kappa shape index (κ2) is 6.63. The van der Waals surface area contributed by atoms with Crippen molar-refractivity contribution in [3.05, 3.63) is 45.5 Å². The van der Waals surface area contributed by atoms with Crippen LogP contribution >= 0.6 is 0 Å². The van der Waals surface area contributed by atoms with Crippen molar-refractivity contribution in [1.82, 2.24) is 0 Å². The zero-order valence-electron chi connectivity index (χ0n) is 15.6. The number of aromatic hydroxyl groups is 2. The molecule has 0 aromatic heterocycles. The Morgan fingerprint density at radius 1 is 0.750 bits per heavy atom. The molecule has 4 nitrogen and oxygen atoms in total. The third-order valence-corrected chi connectivity index (χ3v) is 5.01. The lowest BCUT2D eigenvalue weighted by Crippen LogP contribution is -2.07. The van der Waals surface area contributed by atoms with Crippen LogP contribution in [0.3, 0.4) is 0 Å². The Morgan fingerprint density at radius 3 is 1.38 bits per heavy atom. The highest BCUT2D eigenvalue weighted by Gasteiger charge is 2.21. The SMILES string of the molecule is CNc1c(C)c(C(C)c2cc(C)c(O)c(NC)c2C)cc(C)c1O. The molecule has 0 aliphatic heterocycles. The minimum absolute atomic E-state index is 0.141. The van der Waals surface area contributed by atoms with E-state index in [4.69, 9.17) is 0 Å². The summed E-state index contributed by atoms with van der Waals surface area (Å²) in [6.45, 7) is 10.0. The molecule has 2 rings (SSSR count). The van der Waals surface area contributed by atoms with Gasteiger partial charge in [0, 0.05) is 20.0 Å². The van der Waals surface area contributed by atoms with Crippen molar-refractivity contribution in [2.45, 2.75) is 40.5 Å². The molecule has 0 aliphatic rings. The van der Waals surface area contributed by atoms with Gasteiger partial charge >= 0.3 is 0 Å². The number of phenols is 2. The molecule has 0 bridgehead atoms. The van der Waals surface area contributed by atoms with Crippen LogP contribution in [0.25, 0.3) is 0 Å². The third-order valence-electron chi connectivity index (χ3n) is 5.01. The van der Waals surface area contributed by atoms with Crippen molar-refractivity contribution in [2.75, 3.05) is 24.7 Å². The lowest BCUT2D eigenvalue weighted by Gasteiger charge is -2.24. The van der Waals surface area contributed by atoms with Gasteiger partial charge in [-0.15, -0.1) is 0 Å². The molecule has 2 aromatic rings. The Kier molecular flexibility index (Phi) is 4.97. The molecule has 130 valence electrons. The number of nitrogens with one attached hydrogen (secondary N) is 2. The molecule has 0 atom stereocenters. The summed E-state index contributed by atoms with van der Waals surface area (Å²) in [6.07, 6.45) is 0. The van der Waals surface area contributed by atoms with Gasteiger partial charge in [-0.2, -0.15) is 0 Å². The summed E-state index contributed by atoms with van der Waals surface area (Å²) in [6, 6.07) is 4.10. The van der Waals surface area contributed by atoms with Crippen LogP contribution in [0.1, 0.15) is 46.2 Å². The van der Waals surface area contributed by atoms with Crippen molar-refractivity contribution in [2.24, 2.45) is 0 Å². The molecule has 0 radical (unpaired) electrons. The van der Waals surface area contributed by atoms with Crippen LogP contribution in [0.5, 0.6) is 11.5 Å². The summed E-state index contributed by atoms with van der Waals surface area (Å²) in [5.74, 6) is 0.753. The van der Waals surface area contributed by atoms with Gasteiger partial charge in [0.2, 0.25) is 0 Å². The minimum Gasteiger partial charge on any atom is -0.505 e. The number of rotatable bonds is 4. The molecule has 0 aliphatic carbocycles. The zero-order chi connectivity index (χ0) is 18.2. The number of anilines is 2. The van der Waals surface area contributed by atoms with Crippen molar-refractivity contribution >= 4 is 11.4 Å². The summed E-state index contributed by atoms with van der Waals surface area (Å²) in [7, 11) is 3.65. The smallest absolute Gasteiger partial charge is 0.141 e. The van der Waals surface area contributed by atoms with E-state index >= 15 is 0 Å². The van der Waals surface area contributed by atoms with Crippen LogP contribution in [0.4, 0.5) is 11.4 Å². The van der Waals surface area contributed by atoms with Crippen LogP contribution < -0.4 is 10.6 Å². The van der Waals surface area contributed by atoms with Crippen molar-refractivity contribution in [3.63, 3.8) is 0 Å². The number of benzene rings is 2. The van der Waals surface area contributed by atoms with E-state index in [1.165, 1.54) is 11.1 Å². The van der Waals surface area contributed by atoms with Crippen LogP contribution in [0, 0.1) is 27.7 Å². The second-order valence-corrected chi connectivity index (χ2v) is 6.48. The summed E-state index contributed by atoms with van der Waals surface area (Å²) in [4.78, 5) is 0. The highest BCUT2D eigenvalue weighted by atomic mass is 16.3. The fraction of sp³-hybridized carbons (Fsp3) is 0.400. The zero-order valence-corrected chi connectivity index (χ0v) is 15.6. The Morgan fingerprint density at radius 2 is 1.08 bits per heavy atom. The fourth-order valence-corrected chi connectivity index (χ4v) is 3.54. The van der Waals surface area contributed by atoms with E-state index in [-0.39, 0.29) is 5.92 Å². The quantitative estimate of drug-likeness (QED) is 0.621. The molecule has 0 spiro atoms. The standard InChI is InChI=1S/C20H28N2O2/c1-10-8-15(13(4)17(21-6)19(10)23)12(3)16-9-11(2)20(24)18(22-7)14(16)5/h8-9,12,21-24H,1-7H3. The molecule has 4 N–H and O–H groups in total. The largest absolute Gasteiger partial charge is 0.505 e. The van der Waals surface area contributed by atoms with Crippen molar-refractivity contribution in [1.29, 1.82) is 0 Å². The van der Waals surface area contributed by atoms with Gasteiger partial charge in [0.15, 0.2) is 0 Å². The van der Waals surface area contributed by atoms with Gasteiger partial charge in [0.25, 0.3) is 0 Å². The normalized spacial score (nSPS) is 11.0. The van der Waals surface area contributed by atoms with Gasteiger partial charge in [-0.25, -0.2) is 0 Å². The summed E-state index contributed by atoms with van der Waals surface area (Å²) in [5.41, 5.74) is 7.70. The van der Waals surface area contributed by atoms with E-state index in [1.54, 1.807) is 0 Å². The highest BCUT2D eigenvalue weighted by molar-refractivity contribution is 5.70. The molecule has 0 unspecified atom stereocenters. The molecule has 0 fully saturated rings. The van der Waals surface area contributed by atoms with E-state index < -0.39 is 0 Å². The van der Waals surface area contributed by atoms with Gasteiger partial charge in [0.05, 0.1) is 11.4 Å². The molecule has 24 heavy (non-hydrogen) atoms. The number of hydrogen-bond donors (Lipinski definition) is 4. The molecule has 2 aromatic carbocycles. The van der Waals surface area contributed by atoms with Crippen LogP contribution in [-0.2, 0) is 0 Å². The van der Waals surface area contributed by atoms with E-state index in [1.807, 2.05) is 41.8 Å². The average molecular weight is 328 g/mol. The minimum atomic E-state index is 0.141. The fourth-order valence-electron chi connectivity index (χ4n) is 3.54. The van der Waals surface area contributed by atoms with Gasteiger partial charge in [0.1, 0.15) is 11.5 Å². The number of hydrogen-bond acceptors (Lipinski definition) is 4. The van der Waals surface area contributed by atoms with Gasteiger partial charge in [-0.05, 0) is 61.1 Å². The first kappa shape index (κ1) is 18.0. The van der Waals surface area contributed by atoms with E-state index in [9.17, 15) is 10.2 Å². The van der Waals surface area contributed by atoms with E-state index in [0.717, 1.165) is 33.6 Å². The van der Waals surface area contributed by atoms with E-state index in [2.05, 4.69) is 29.7 Å². The second-order valence-electron chi connectivity index (χ2n) is 6.48. The Hall–Kier alpha value is -2.36. The molecule has 0 saturated heterocycles. The maximum atomic E-state index is 10.3. The van der Waals surface area contributed by atoms with Crippen LogP contribution in [0.15, 0.2) is 12.1 Å². The van der Waals surface area contributed by atoms with Crippen LogP contribution in [-0.4, -0.2) is 24.3 Å². The topological polar surface area (TPSA) is 64.5 Å². The molecule has 4 heteroatoms. The summed E-state index contributed by atoms with van der Waals surface area (Å²) >= 11 is 0. The Balaban J connectivity index is 2.68. The number of aryl methyl sites for hydroxylation is 2. The van der Waals surface area contributed by atoms with Crippen molar-refractivity contribution < 1.29 is 10.2 Å². The molecular formula is C20H28N2O2.